The summed E-state index contributed by atoms with van der Waals surface area (Å²) < 4.78 is 1.77. The number of thiophene rings is 1. The van der Waals surface area contributed by atoms with Crippen LogP contribution < -0.4 is 5.32 Å². The van der Waals surface area contributed by atoms with Gasteiger partial charge in [-0.3, -0.25) is 0 Å². The molecule has 0 saturated carbocycles. The molecule has 0 aliphatic heterocycles. The monoisotopic (exact) mass is 317 g/mol. The number of nitrogens with zero attached hydrogens (tertiary/aromatic N) is 4. The van der Waals surface area contributed by atoms with Gasteiger partial charge in [0.2, 0.25) is 5.16 Å². The zero-order chi connectivity index (χ0) is 14.3. The van der Waals surface area contributed by atoms with E-state index in [9.17, 15) is 0 Å². The molecular weight excluding hydrogens is 302 g/mol. The Morgan fingerprint density at radius 2 is 2.05 bits per heavy atom. The van der Waals surface area contributed by atoms with Gasteiger partial charge in [0, 0.05) is 23.7 Å². The average Bonchev–Trinajstić information content (AvgIpc) is 3.19. The van der Waals surface area contributed by atoms with E-state index in [1.807, 2.05) is 30.3 Å². The van der Waals surface area contributed by atoms with Crippen molar-refractivity contribution in [1.29, 1.82) is 0 Å². The van der Waals surface area contributed by atoms with Gasteiger partial charge in [-0.2, -0.15) is 4.68 Å². The van der Waals surface area contributed by atoms with Gasteiger partial charge in [-0.25, -0.2) is 0 Å². The Morgan fingerprint density at radius 3 is 2.86 bits per heavy atom. The number of hydrogen-bond acceptors (Lipinski definition) is 6. The van der Waals surface area contributed by atoms with Crippen molar-refractivity contribution in [2.24, 2.45) is 0 Å². The third kappa shape index (κ3) is 3.90. The largest absolute Gasteiger partial charge is 0.311 e. The van der Waals surface area contributed by atoms with E-state index in [0.717, 1.165) is 29.7 Å². The Bertz CT molecular complexity index is 651. The van der Waals surface area contributed by atoms with Crippen LogP contribution in [0.5, 0.6) is 0 Å². The first-order chi connectivity index (χ1) is 10.4. The van der Waals surface area contributed by atoms with E-state index in [0.29, 0.717) is 0 Å². The van der Waals surface area contributed by atoms with Crippen molar-refractivity contribution in [2.45, 2.75) is 11.7 Å². The number of thioether (sulfide) groups is 1. The molecule has 7 heteroatoms. The maximum absolute atomic E-state index is 4.08. The fourth-order valence-electron chi connectivity index (χ4n) is 1.84. The summed E-state index contributed by atoms with van der Waals surface area (Å²) in [5.41, 5.74) is 0.983. The molecule has 0 spiro atoms. The summed E-state index contributed by atoms with van der Waals surface area (Å²) in [5, 5.41) is 18.2. The second kappa shape index (κ2) is 7.35. The molecule has 0 fully saturated rings. The van der Waals surface area contributed by atoms with Crippen molar-refractivity contribution >= 4 is 23.1 Å². The number of rotatable bonds is 7. The molecule has 21 heavy (non-hydrogen) atoms. The third-order valence-electron chi connectivity index (χ3n) is 2.83. The van der Waals surface area contributed by atoms with Gasteiger partial charge in [-0.15, -0.1) is 16.4 Å². The highest BCUT2D eigenvalue weighted by molar-refractivity contribution is 7.99. The fraction of sp³-hybridized carbons (Fsp3) is 0.214. The Balaban J connectivity index is 1.49. The molecule has 1 aromatic carbocycles. The smallest absolute Gasteiger partial charge is 0.214 e. The minimum Gasteiger partial charge on any atom is -0.311 e. The topological polar surface area (TPSA) is 55.6 Å². The first-order valence-electron chi connectivity index (χ1n) is 6.63. The van der Waals surface area contributed by atoms with E-state index in [4.69, 9.17) is 0 Å². The van der Waals surface area contributed by atoms with Gasteiger partial charge < -0.3 is 5.32 Å². The van der Waals surface area contributed by atoms with Gasteiger partial charge >= 0.3 is 0 Å². The standard InChI is InChI=1S/C14H15N5S2/c1-2-5-12(6-3-1)19-14(16-17-18-19)21-10-8-15-11-13-7-4-9-20-13/h1-7,9,15H,8,10-11H2. The molecule has 5 nitrogen and oxygen atoms in total. The normalized spacial score (nSPS) is 10.9. The van der Waals surface area contributed by atoms with Gasteiger partial charge in [-0.1, -0.05) is 36.0 Å². The Kier molecular flexibility index (Phi) is 4.99. The van der Waals surface area contributed by atoms with E-state index < -0.39 is 0 Å². The van der Waals surface area contributed by atoms with Crippen LogP contribution in [0.25, 0.3) is 5.69 Å². The predicted octanol–water partition coefficient (Wildman–Crippen LogP) is 2.61. The second-order valence-corrected chi connectivity index (χ2v) is 6.41. The van der Waals surface area contributed by atoms with Gasteiger partial charge in [-0.05, 0) is 34.0 Å². The van der Waals surface area contributed by atoms with Crippen molar-refractivity contribution < 1.29 is 0 Å². The maximum Gasteiger partial charge on any atom is 0.214 e. The number of benzene rings is 1. The Labute approximate surface area is 131 Å². The molecule has 3 aromatic rings. The summed E-state index contributed by atoms with van der Waals surface area (Å²) in [5.74, 6) is 0.929. The van der Waals surface area contributed by atoms with E-state index >= 15 is 0 Å². The third-order valence-corrected chi connectivity index (χ3v) is 4.63. The molecule has 0 aliphatic carbocycles. The molecule has 1 N–H and O–H groups in total. The summed E-state index contributed by atoms with van der Waals surface area (Å²) in [6.07, 6.45) is 0. The molecule has 2 heterocycles. The van der Waals surface area contributed by atoms with E-state index in [-0.39, 0.29) is 0 Å². The van der Waals surface area contributed by atoms with Crippen LogP contribution in [-0.2, 0) is 6.54 Å². The van der Waals surface area contributed by atoms with Gasteiger partial charge in [0.15, 0.2) is 0 Å². The lowest BCUT2D eigenvalue weighted by molar-refractivity contribution is 0.735. The highest BCUT2D eigenvalue weighted by Crippen LogP contribution is 2.17. The molecule has 0 radical (unpaired) electrons. The summed E-state index contributed by atoms with van der Waals surface area (Å²) in [4.78, 5) is 1.36. The molecule has 108 valence electrons. The van der Waals surface area contributed by atoms with Gasteiger partial charge in [0.1, 0.15) is 0 Å². The van der Waals surface area contributed by atoms with Crippen LogP contribution in [0.1, 0.15) is 4.88 Å². The van der Waals surface area contributed by atoms with Crippen molar-refractivity contribution in [3.63, 3.8) is 0 Å². The molecule has 3 rings (SSSR count). The summed E-state index contributed by atoms with van der Waals surface area (Å²) in [6.45, 7) is 1.84. The second-order valence-electron chi connectivity index (χ2n) is 4.31. The lowest BCUT2D eigenvalue weighted by Gasteiger charge is -2.04. The van der Waals surface area contributed by atoms with Crippen LogP contribution in [0.4, 0.5) is 0 Å². The quantitative estimate of drug-likeness (QED) is 0.536. The average molecular weight is 317 g/mol. The Morgan fingerprint density at radius 1 is 1.14 bits per heavy atom. The van der Waals surface area contributed by atoms with Crippen LogP contribution in [-0.4, -0.2) is 32.5 Å². The molecule has 2 aromatic heterocycles. The Hall–Kier alpha value is -1.70. The number of hydrogen-bond donors (Lipinski definition) is 1. The molecule has 0 bridgehead atoms. The molecule has 0 atom stereocenters. The fourth-order valence-corrected chi connectivity index (χ4v) is 3.30. The van der Waals surface area contributed by atoms with Crippen molar-refractivity contribution in [3.8, 4) is 5.69 Å². The van der Waals surface area contributed by atoms with Crippen LogP contribution in [0.15, 0.2) is 53.0 Å². The zero-order valence-corrected chi connectivity index (χ0v) is 13.0. The highest BCUT2D eigenvalue weighted by atomic mass is 32.2. The molecular formula is C14H15N5S2. The number of aromatic nitrogens is 4. The number of nitrogens with one attached hydrogen (secondary N) is 1. The van der Waals surface area contributed by atoms with Crippen molar-refractivity contribution in [3.05, 3.63) is 52.7 Å². The first kappa shape index (κ1) is 14.2. The highest BCUT2D eigenvalue weighted by Gasteiger charge is 2.07. The van der Waals surface area contributed by atoms with Gasteiger partial charge in [0.05, 0.1) is 5.69 Å². The minimum absolute atomic E-state index is 0.819. The van der Waals surface area contributed by atoms with E-state index in [1.54, 1.807) is 27.8 Å². The summed E-state index contributed by atoms with van der Waals surface area (Å²) in [6, 6.07) is 14.1. The van der Waals surface area contributed by atoms with E-state index in [1.165, 1.54) is 4.88 Å². The number of para-hydroxylation sites is 1. The van der Waals surface area contributed by atoms with E-state index in [2.05, 4.69) is 38.4 Å². The maximum atomic E-state index is 4.08. The number of tetrazole rings is 1. The van der Waals surface area contributed by atoms with Crippen LogP contribution in [0, 0.1) is 0 Å². The van der Waals surface area contributed by atoms with Crippen molar-refractivity contribution in [1.82, 2.24) is 25.5 Å². The lowest BCUT2D eigenvalue weighted by atomic mass is 10.3. The summed E-state index contributed by atoms with van der Waals surface area (Å²) >= 11 is 3.43. The van der Waals surface area contributed by atoms with Gasteiger partial charge in [0.25, 0.3) is 0 Å². The first-order valence-corrected chi connectivity index (χ1v) is 8.50. The zero-order valence-electron chi connectivity index (χ0n) is 11.3. The van der Waals surface area contributed by atoms with Crippen LogP contribution in [0.2, 0.25) is 0 Å². The van der Waals surface area contributed by atoms with Crippen LogP contribution >= 0.6 is 23.1 Å². The molecule has 0 aliphatic rings. The van der Waals surface area contributed by atoms with Crippen LogP contribution in [0.3, 0.4) is 0 Å². The minimum atomic E-state index is 0.819. The lowest BCUT2D eigenvalue weighted by Crippen LogP contribution is -2.16. The summed E-state index contributed by atoms with van der Waals surface area (Å²) in [7, 11) is 0. The predicted molar refractivity (Wildman–Crippen MR) is 85.9 cm³/mol. The molecule has 0 amide bonds. The molecule has 0 unspecified atom stereocenters. The molecule has 0 saturated heterocycles. The van der Waals surface area contributed by atoms with Crippen molar-refractivity contribution in [2.75, 3.05) is 12.3 Å². The SMILES string of the molecule is c1ccc(-n2nnnc2SCCNCc2cccs2)cc1.